The third-order valence-corrected chi connectivity index (χ3v) is 4.86. The first-order valence-corrected chi connectivity index (χ1v) is 8.36. The van der Waals surface area contributed by atoms with Gasteiger partial charge in [-0.1, -0.05) is 24.3 Å². The van der Waals surface area contributed by atoms with Crippen LogP contribution in [0, 0.1) is 5.92 Å². The van der Waals surface area contributed by atoms with Gasteiger partial charge in [0.05, 0.1) is 0 Å². The number of nitrogens with zero attached hydrogens (tertiary/aromatic N) is 3. The van der Waals surface area contributed by atoms with Gasteiger partial charge in [0.25, 0.3) is 6.43 Å². The maximum Gasteiger partial charge on any atom is 0.263 e. The molecule has 0 spiro atoms. The molecule has 1 fully saturated rings. The Labute approximate surface area is 138 Å². The Morgan fingerprint density at radius 2 is 2.13 bits per heavy atom. The van der Waals surface area contributed by atoms with Gasteiger partial charge in [0, 0.05) is 37.3 Å². The Morgan fingerprint density at radius 3 is 2.83 bits per heavy atom. The Bertz CT molecular complexity index is 633. The van der Waals surface area contributed by atoms with Crippen molar-refractivity contribution in [2.24, 2.45) is 5.92 Å². The van der Waals surface area contributed by atoms with E-state index in [2.05, 4.69) is 14.3 Å². The average molecular weight is 339 g/mol. The van der Waals surface area contributed by atoms with Crippen LogP contribution in [0.15, 0.2) is 24.3 Å². The Morgan fingerprint density at radius 1 is 1.35 bits per heavy atom. The SMILES string of the molecule is COCc1nsc(N2CC[C@@H](Cc3ccc(C(F)F)cc3)C2)n1. The molecular weight excluding hydrogens is 320 g/mol. The van der Waals surface area contributed by atoms with Crippen LogP contribution in [-0.2, 0) is 17.8 Å². The third-order valence-electron chi connectivity index (χ3n) is 4.04. The standard InChI is InChI=1S/C16H19F2N3OS/c1-22-10-14-19-16(23-20-14)21-7-6-12(9-21)8-11-2-4-13(5-3-11)15(17)18/h2-5,12,15H,6-10H2,1H3/t12-/m0/s1. The number of anilines is 1. The summed E-state index contributed by atoms with van der Waals surface area (Å²) >= 11 is 1.40. The lowest BCUT2D eigenvalue weighted by molar-refractivity contribution is 0.151. The molecule has 2 aromatic rings. The van der Waals surface area contributed by atoms with Gasteiger partial charge in [-0.05, 0) is 24.3 Å². The van der Waals surface area contributed by atoms with Gasteiger partial charge in [0.1, 0.15) is 6.61 Å². The molecule has 124 valence electrons. The van der Waals surface area contributed by atoms with E-state index >= 15 is 0 Å². The minimum Gasteiger partial charge on any atom is -0.377 e. The average Bonchev–Trinajstić information content (AvgIpc) is 3.17. The summed E-state index contributed by atoms with van der Waals surface area (Å²) in [5.74, 6) is 1.24. The Kier molecular flexibility index (Phi) is 5.17. The summed E-state index contributed by atoms with van der Waals surface area (Å²) in [4.78, 5) is 6.72. The van der Waals surface area contributed by atoms with Crippen molar-refractivity contribution in [3.05, 3.63) is 41.2 Å². The fourth-order valence-electron chi connectivity index (χ4n) is 2.87. The van der Waals surface area contributed by atoms with E-state index in [4.69, 9.17) is 4.74 Å². The predicted octanol–water partition coefficient (Wildman–Crippen LogP) is 3.69. The second kappa shape index (κ2) is 7.31. The quantitative estimate of drug-likeness (QED) is 0.804. The monoisotopic (exact) mass is 339 g/mol. The lowest BCUT2D eigenvalue weighted by Crippen LogP contribution is -2.20. The Hall–Kier alpha value is -1.60. The van der Waals surface area contributed by atoms with E-state index in [-0.39, 0.29) is 5.56 Å². The number of hydrogen-bond donors (Lipinski definition) is 0. The molecule has 0 saturated carbocycles. The van der Waals surface area contributed by atoms with Gasteiger partial charge < -0.3 is 9.64 Å². The summed E-state index contributed by atoms with van der Waals surface area (Å²) in [7, 11) is 1.63. The molecule has 0 aliphatic carbocycles. The van der Waals surface area contributed by atoms with Crippen LogP contribution in [0.25, 0.3) is 0 Å². The maximum atomic E-state index is 12.6. The maximum absolute atomic E-state index is 12.6. The van der Waals surface area contributed by atoms with Crippen molar-refractivity contribution in [3.63, 3.8) is 0 Å². The van der Waals surface area contributed by atoms with Crippen LogP contribution in [0.5, 0.6) is 0 Å². The van der Waals surface area contributed by atoms with E-state index in [0.29, 0.717) is 12.5 Å². The van der Waals surface area contributed by atoms with Crippen LogP contribution in [-0.4, -0.2) is 29.6 Å². The summed E-state index contributed by atoms with van der Waals surface area (Å²) in [6.45, 7) is 2.32. The number of aromatic nitrogens is 2. The van der Waals surface area contributed by atoms with Gasteiger partial charge in [0.15, 0.2) is 5.82 Å². The number of hydrogen-bond acceptors (Lipinski definition) is 5. The van der Waals surface area contributed by atoms with Crippen LogP contribution in [0.4, 0.5) is 13.9 Å². The van der Waals surface area contributed by atoms with Crippen molar-refractivity contribution in [1.82, 2.24) is 9.36 Å². The molecule has 1 saturated heterocycles. The minimum atomic E-state index is -2.40. The van der Waals surface area contributed by atoms with E-state index in [0.717, 1.165) is 42.5 Å². The number of alkyl halides is 2. The van der Waals surface area contributed by atoms with Crippen LogP contribution in [0.1, 0.15) is 29.8 Å². The lowest BCUT2D eigenvalue weighted by atomic mass is 9.98. The summed E-state index contributed by atoms with van der Waals surface area (Å²) in [5, 5.41) is 0.938. The third kappa shape index (κ3) is 4.03. The molecule has 2 heterocycles. The lowest BCUT2D eigenvalue weighted by Gasteiger charge is -2.14. The van der Waals surface area contributed by atoms with E-state index in [1.807, 2.05) is 12.1 Å². The zero-order chi connectivity index (χ0) is 16.2. The summed E-state index contributed by atoms with van der Waals surface area (Å²) in [6.07, 6.45) is -0.413. The van der Waals surface area contributed by atoms with Crippen LogP contribution >= 0.6 is 11.5 Å². The van der Waals surface area contributed by atoms with Gasteiger partial charge in [-0.2, -0.15) is 4.37 Å². The number of methoxy groups -OCH3 is 1. The molecule has 0 bridgehead atoms. The van der Waals surface area contributed by atoms with Crippen molar-refractivity contribution in [3.8, 4) is 0 Å². The van der Waals surface area contributed by atoms with Crippen molar-refractivity contribution in [2.45, 2.75) is 25.9 Å². The molecule has 1 aromatic carbocycles. The van der Waals surface area contributed by atoms with Crippen molar-refractivity contribution in [1.29, 1.82) is 0 Å². The summed E-state index contributed by atoms with van der Waals surface area (Å²) < 4.78 is 34.5. The van der Waals surface area contributed by atoms with E-state index in [1.54, 1.807) is 7.11 Å². The van der Waals surface area contributed by atoms with Gasteiger partial charge in [0.2, 0.25) is 5.13 Å². The molecule has 1 aliphatic rings. The molecule has 1 aromatic heterocycles. The van der Waals surface area contributed by atoms with E-state index in [1.165, 1.54) is 23.7 Å². The van der Waals surface area contributed by atoms with E-state index in [9.17, 15) is 8.78 Å². The molecule has 0 N–H and O–H groups in total. The highest BCUT2D eigenvalue weighted by Gasteiger charge is 2.25. The fourth-order valence-corrected chi connectivity index (χ4v) is 3.57. The van der Waals surface area contributed by atoms with Crippen LogP contribution < -0.4 is 4.90 Å². The van der Waals surface area contributed by atoms with Gasteiger partial charge in [-0.3, -0.25) is 0 Å². The second-order valence-electron chi connectivity index (χ2n) is 5.77. The first-order chi connectivity index (χ1) is 11.2. The molecule has 1 atom stereocenters. The summed E-state index contributed by atoms with van der Waals surface area (Å²) in [5.41, 5.74) is 1.19. The predicted molar refractivity (Wildman–Crippen MR) is 86.0 cm³/mol. The number of halogens is 2. The second-order valence-corrected chi connectivity index (χ2v) is 6.50. The minimum absolute atomic E-state index is 0.0846. The van der Waals surface area contributed by atoms with Crippen molar-refractivity contribution < 1.29 is 13.5 Å². The van der Waals surface area contributed by atoms with Gasteiger partial charge in [-0.25, -0.2) is 13.8 Å². The number of benzene rings is 1. The smallest absolute Gasteiger partial charge is 0.263 e. The first kappa shape index (κ1) is 16.3. The molecule has 0 amide bonds. The van der Waals surface area contributed by atoms with Crippen LogP contribution in [0.3, 0.4) is 0 Å². The first-order valence-electron chi connectivity index (χ1n) is 7.59. The molecule has 4 nitrogen and oxygen atoms in total. The van der Waals surface area contributed by atoms with Gasteiger partial charge >= 0.3 is 0 Å². The van der Waals surface area contributed by atoms with Crippen molar-refractivity contribution in [2.75, 3.05) is 25.1 Å². The fraction of sp³-hybridized carbons (Fsp3) is 0.500. The molecular formula is C16H19F2N3OS. The molecule has 23 heavy (non-hydrogen) atoms. The zero-order valence-corrected chi connectivity index (χ0v) is 13.7. The number of rotatable bonds is 6. The highest BCUT2D eigenvalue weighted by molar-refractivity contribution is 7.09. The molecule has 0 radical (unpaired) electrons. The topological polar surface area (TPSA) is 38.2 Å². The van der Waals surface area contributed by atoms with Gasteiger partial charge in [-0.15, -0.1) is 0 Å². The molecule has 1 aliphatic heterocycles. The summed E-state index contributed by atoms with van der Waals surface area (Å²) in [6, 6.07) is 6.67. The normalized spacial score (nSPS) is 18.1. The number of ether oxygens (including phenoxy) is 1. The Balaban J connectivity index is 1.56. The largest absolute Gasteiger partial charge is 0.377 e. The van der Waals surface area contributed by atoms with Crippen LogP contribution in [0.2, 0.25) is 0 Å². The molecule has 0 unspecified atom stereocenters. The molecule has 7 heteroatoms. The zero-order valence-electron chi connectivity index (χ0n) is 12.9. The van der Waals surface area contributed by atoms with Crippen molar-refractivity contribution >= 4 is 16.7 Å². The van der Waals surface area contributed by atoms with E-state index < -0.39 is 6.43 Å². The molecule has 3 rings (SSSR count). The highest BCUT2D eigenvalue weighted by atomic mass is 32.1. The highest BCUT2D eigenvalue weighted by Crippen LogP contribution is 2.28.